The summed E-state index contributed by atoms with van der Waals surface area (Å²) in [7, 11) is 0. The van der Waals surface area contributed by atoms with Crippen LogP contribution in [0.2, 0.25) is 0 Å². The van der Waals surface area contributed by atoms with E-state index in [-0.39, 0.29) is 0 Å². The van der Waals surface area contributed by atoms with Crippen molar-refractivity contribution in [2.45, 2.75) is 0 Å². The molecule has 8 rings (SSSR count). The molecule has 0 unspecified atom stereocenters. The number of H-pyrrole nitrogens is 1. The lowest BCUT2D eigenvalue weighted by Crippen LogP contribution is -2.09. The molecule has 0 fully saturated rings. The van der Waals surface area contributed by atoms with Crippen LogP contribution < -0.4 is 4.90 Å². The molecule has 184 valence electrons. The van der Waals surface area contributed by atoms with Gasteiger partial charge in [-0.05, 0) is 60.2 Å². The first-order valence-corrected chi connectivity index (χ1v) is 14.0. The van der Waals surface area contributed by atoms with Crippen molar-refractivity contribution in [3.8, 4) is 11.1 Å². The number of benzene rings is 6. The number of rotatable bonds is 4. The lowest BCUT2D eigenvalue weighted by atomic mass is 9.97. The molecule has 0 aliphatic heterocycles. The number of nitrogens with one attached hydrogen (secondary N) is 1. The minimum atomic E-state index is 1.14. The third-order valence-electron chi connectivity index (χ3n) is 7.60. The Morgan fingerprint density at radius 2 is 1.13 bits per heavy atom. The second kappa shape index (κ2) is 8.87. The summed E-state index contributed by atoms with van der Waals surface area (Å²) in [6.45, 7) is 0. The summed E-state index contributed by atoms with van der Waals surface area (Å²) in [5, 5.41) is 5.12. The Labute approximate surface area is 230 Å². The van der Waals surface area contributed by atoms with Gasteiger partial charge in [-0.2, -0.15) is 0 Å². The van der Waals surface area contributed by atoms with Crippen molar-refractivity contribution in [1.29, 1.82) is 0 Å². The van der Waals surface area contributed by atoms with E-state index < -0.39 is 0 Å². The SMILES string of the molecule is c1ccc(N(c2ccccc2)c2ccc3sc4cccc(-c5cccc6c5[nH]c5ccccc56)c4c3c2)cc1. The quantitative estimate of drug-likeness (QED) is 0.246. The van der Waals surface area contributed by atoms with E-state index in [1.165, 1.54) is 53.1 Å². The Morgan fingerprint density at radius 3 is 1.92 bits per heavy atom. The molecule has 0 saturated carbocycles. The molecule has 1 N–H and O–H groups in total. The van der Waals surface area contributed by atoms with Crippen LogP contribution in [-0.2, 0) is 0 Å². The lowest BCUT2D eigenvalue weighted by Gasteiger charge is -2.25. The minimum absolute atomic E-state index is 1.14. The van der Waals surface area contributed by atoms with Gasteiger partial charge in [0.2, 0.25) is 0 Å². The van der Waals surface area contributed by atoms with Gasteiger partial charge in [0.1, 0.15) is 0 Å². The standard InChI is InChI=1S/C36H24N2S/c1-3-11-24(12-4-1)38(25-13-5-2-6-14-25)26-21-22-33-31(23-26)35-28(16-10-20-34(35)39-33)30-18-9-17-29-27-15-7-8-19-32(27)37-36(29)30/h1-23,37H. The molecule has 0 amide bonds. The molecule has 6 aromatic carbocycles. The molecule has 0 atom stereocenters. The average Bonchev–Trinajstić information content (AvgIpc) is 3.57. The fourth-order valence-electron chi connectivity index (χ4n) is 5.88. The molecule has 0 saturated heterocycles. The molecule has 0 aliphatic rings. The highest BCUT2D eigenvalue weighted by Gasteiger charge is 2.18. The van der Waals surface area contributed by atoms with E-state index in [9.17, 15) is 0 Å². The maximum absolute atomic E-state index is 3.72. The third kappa shape index (κ3) is 3.55. The van der Waals surface area contributed by atoms with E-state index in [4.69, 9.17) is 0 Å². The summed E-state index contributed by atoms with van der Waals surface area (Å²) in [5.74, 6) is 0. The van der Waals surface area contributed by atoms with Crippen molar-refractivity contribution in [3.63, 3.8) is 0 Å². The normalized spacial score (nSPS) is 11.6. The number of para-hydroxylation sites is 4. The molecular weight excluding hydrogens is 492 g/mol. The smallest absolute Gasteiger partial charge is 0.0544 e. The van der Waals surface area contributed by atoms with Gasteiger partial charge in [-0.25, -0.2) is 0 Å². The lowest BCUT2D eigenvalue weighted by molar-refractivity contribution is 1.29. The van der Waals surface area contributed by atoms with E-state index in [0.29, 0.717) is 0 Å². The predicted molar refractivity (Wildman–Crippen MR) is 169 cm³/mol. The Morgan fingerprint density at radius 1 is 0.462 bits per heavy atom. The Hall–Kier alpha value is -4.86. The van der Waals surface area contributed by atoms with Crippen LogP contribution in [0.1, 0.15) is 0 Å². The van der Waals surface area contributed by atoms with Crippen LogP contribution in [0.15, 0.2) is 140 Å². The van der Waals surface area contributed by atoms with Crippen molar-refractivity contribution in [2.24, 2.45) is 0 Å². The number of nitrogens with zero attached hydrogens (tertiary/aromatic N) is 1. The first kappa shape index (κ1) is 22.2. The molecule has 0 radical (unpaired) electrons. The molecule has 0 bridgehead atoms. The molecule has 2 aromatic heterocycles. The van der Waals surface area contributed by atoms with Crippen LogP contribution in [-0.4, -0.2) is 4.98 Å². The second-order valence-corrected chi connectivity index (χ2v) is 11.0. The molecule has 0 aliphatic carbocycles. The molecule has 2 heterocycles. The number of hydrogen-bond donors (Lipinski definition) is 1. The molecular formula is C36H24N2S. The Balaban J connectivity index is 1.39. The van der Waals surface area contributed by atoms with Crippen LogP contribution in [0, 0.1) is 0 Å². The maximum atomic E-state index is 3.72. The van der Waals surface area contributed by atoms with E-state index in [1.807, 2.05) is 11.3 Å². The van der Waals surface area contributed by atoms with Gasteiger partial charge in [-0.15, -0.1) is 11.3 Å². The van der Waals surface area contributed by atoms with Crippen molar-refractivity contribution in [3.05, 3.63) is 140 Å². The summed E-state index contributed by atoms with van der Waals surface area (Å²) in [6, 6.07) is 50.0. The van der Waals surface area contributed by atoms with Gasteiger partial charge in [0.05, 0.1) is 5.52 Å². The van der Waals surface area contributed by atoms with E-state index >= 15 is 0 Å². The fourth-order valence-corrected chi connectivity index (χ4v) is 6.99. The van der Waals surface area contributed by atoms with Gasteiger partial charge in [0.25, 0.3) is 0 Å². The largest absolute Gasteiger partial charge is 0.354 e. The van der Waals surface area contributed by atoms with Gasteiger partial charge >= 0.3 is 0 Å². The van der Waals surface area contributed by atoms with Crippen molar-refractivity contribution >= 4 is 70.4 Å². The first-order chi connectivity index (χ1) is 19.3. The number of aromatic amines is 1. The predicted octanol–water partition coefficient (Wildman–Crippen LogP) is 10.8. The summed E-state index contributed by atoms with van der Waals surface area (Å²) in [4.78, 5) is 6.06. The zero-order valence-corrected chi connectivity index (χ0v) is 22.0. The number of anilines is 3. The van der Waals surface area contributed by atoms with Gasteiger partial charge in [0, 0.05) is 59.1 Å². The minimum Gasteiger partial charge on any atom is -0.354 e. The highest BCUT2D eigenvalue weighted by atomic mass is 32.1. The summed E-state index contributed by atoms with van der Waals surface area (Å²) in [6.07, 6.45) is 0. The van der Waals surface area contributed by atoms with Crippen molar-refractivity contribution in [1.82, 2.24) is 4.98 Å². The molecule has 2 nitrogen and oxygen atoms in total. The van der Waals surface area contributed by atoms with Crippen molar-refractivity contribution < 1.29 is 0 Å². The maximum Gasteiger partial charge on any atom is 0.0544 e. The van der Waals surface area contributed by atoms with Crippen LogP contribution in [0.3, 0.4) is 0 Å². The van der Waals surface area contributed by atoms with E-state index in [2.05, 4.69) is 149 Å². The Bertz CT molecular complexity index is 2080. The van der Waals surface area contributed by atoms with Gasteiger partial charge in [-0.1, -0.05) is 84.9 Å². The highest BCUT2D eigenvalue weighted by Crippen LogP contribution is 2.45. The fraction of sp³-hybridized carbons (Fsp3) is 0. The summed E-state index contributed by atoms with van der Waals surface area (Å²) < 4.78 is 2.60. The number of thiophene rings is 1. The molecule has 39 heavy (non-hydrogen) atoms. The number of fused-ring (bicyclic) bond motifs is 6. The van der Waals surface area contributed by atoms with Gasteiger partial charge in [-0.3, -0.25) is 0 Å². The highest BCUT2D eigenvalue weighted by molar-refractivity contribution is 7.26. The second-order valence-electron chi connectivity index (χ2n) is 9.87. The van der Waals surface area contributed by atoms with Crippen LogP contribution in [0.4, 0.5) is 17.1 Å². The molecule has 8 aromatic rings. The topological polar surface area (TPSA) is 19.0 Å². The van der Waals surface area contributed by atoms with E-state index in [0.717, 1.165) is 17.1 Å². The average molecular weight is 517 g/mol. The zero-order chi connectivity index (χ0) is 25.8. The summed E-state index contributed by atoms with van der Waals surface area (Å²) >= 11 is 1.86. The van der Waals surface area contributed by atoms with Gasteiger partial charge < -0.3 is 9.88 Å². The molecule has 0 spiro atoms. The Kier molecular flexibility index (Phi) is 5.04. The molecule has 3 heteroatoms. The third-order valence-corrected chi connectivity index (χ3v) is 8.73. The van der Waals surface area contributed by atoms with Crippen LogP contribution in [0.5, 0.6) is 0 Å². The van der Waals surface area contributed by atoms with E-state index in [1.54, 1.807) is 0 Å². The number of hydrogen-bond acceptors (Lipinski definition) is 2. The van der Waals surface area contributed by atoms with Gasteiger partial charge in [0.15, 0.2) is 0 Å². The summed E-state index contributed by atoms with van der Waals surface area (Å²) in [5.41, 5.74) is 8.30. The van der Waals surface area contributed by atoms with Crippen LogP contribution in [0.25, 0.3) is 53.1 Å². The van der Waals surface area contributed by atoms with Crippen molar-refractivity contribution in [2.75, 3.05) is 4.90 Å². The zero-order valence-electron chi connectivity index (χ0n) is 21.1. The number of aromatic nitrogens is 1. The van der Waals surface area contributed by atoms with Crippen LogP contribution >= 0.6 is 11.3 Å². The first-order valence-electron chi connectivity index (χ1n) is 13.2. The monoisotopic (exact) mass is 516 g/mol.